The van der Waals surface area contributed by atoms with Gasteiger partial charge < -0.3 is 5.11 Å². The molecule has 2 unspecified atom stereocenters. The first-order chi connectivity index (χ1) is 11.0. The maximum absolute atomic E-state index is 12.9. The van der Waals surface area contributed by atoms with Crippen molar-refractivity contribution in [1.29, 1.82) is 5.26 Å². The standard InChI is InChI=1S/C18H15NO3S/c1-2-7-17(20)18(15-9-6-8-14(12-15)13-19)23(21,22)16-10-4-3-5-11-16/h1,3-6,8-12,17-18,20H,7H2. The molecule has 0 aliphatic heterocycles. The van der Waals surface area contributed by atoms with E-state index in [4.69, 9.17) is 11.7 Å². The summed E-state index contributed by atoms with van der Waals surface area (Å²) in [6.45, 7) is 0. The minimum Gasteiger partial charge on any atom is -0.390 e. The highest BCUT2D eigenvalue weighted by Gasteiger charge is 2.35. The van der Waals surface area contributed by atoms with Crippen molar-refractivity contribution in [2.45, 2.75) is 22.7 Å². The van der Waals surface area contributed by atoms with E-state index in [-0.39, 0.29) is 11.3 Å². The SMILES string of the molecule is C#CCC(O)C(c1cccc(C#N)c1)S(=O)(=O)c1ccccc1. The summed E-state index contributed by atoms with van der Waals surface area (Å²) in [5.74, 6) is 2.29. The largest absolute Gasteiger partial charge is 0.390 e. The van der Waals surface area contributed by atoms with E-state index in [0.29, 0.717) is 11.1 Å². The minimum atomic E-state index is -3.86. The molecule has 0 spiro atoms. The highest BCUT2D eigenvalue weighted by Crippen LogP contribution is 2.33. The molecule has 0 bridgehead atoms. The molecule has 0 saturated heterocycles. The molecule has 0 aliphatic carbocycles. The molecular weight excluding hydrogens is 310 g/mol. The van der Waals surface area contributed by atoms with Crippen LogP contribution < -0.4 is 0 Å². The number of hydrogen-bond donors (Lipinski definition) is 1. The Morgan fingerprint density at radius 2 is 1.83 bits per heavy atom. The number of nitriles is 1. The van der Waals surface area contributed by atoms with Gasteiger partial charge in [0.2, 0.25) is 0 Å². The summed E-state index contributed by atoms with van der Waals surface area (Å²) in [5.41, 5.74) is 0.666. The van der Waals surface area contributed by atoms with Crippen molar-refractivity contribution >= 4 is 9.84 Å². The fraction of sp³-hybridized carbons (Fsp3) is 0.167. The van der Waals surface area contributed by atoms with Crippen LogP contribution in [-0.2, 0) is 9.84 Å². The number of rotatable bonds is 5. The molecule has 1 N–H and O–H groups in total. The van der Waals surface area contributed by atoms with Crippen molar-refractivity contribution in [2.24, 2.45) is 0 Å². The Hall–Kier alpha value is -2.60. The summed E-state index contributed by atoms with van der Waals surface area (Å²) >= 11 is 0. The predicted molar refractivity (Wildman–Crippen MR) is 87.0 cm³/mol. The van der Waals surface area contributed by atoms with Crippen LogP contribution in [0.2, 0.25) is 0 Å². The van der Waals surface area contributed by atoms with E-state index in [9.17, 15) is 13.5 Å². The van der Waals surface area contributed by atoms with Gasteiger partial charge in [0, 0.05) is 6.42 Å². The summed E-state index contributed by atoms with van der Waals surface area (Å²) in [7, 11) is -3.86. The van der Waals surface area contributed by atoms with Crippen LogP contribution in [0, 0.1) is 23.7 Å². The lowest BCUT2D eigenvalue weighted by molar-refractivity contribution is 0.174. The molecule has 0 fully saturated rings. The van der Waals surface area contributed by atoms with Gasteiger partial charge in [-0.15, -0.1) is 12.3 Å². The summed E-state index contributed by atoms with van der Waals surface area (Å²) in [6.07, 6.45) is 3.86. The van der Waals surface area contributed by atoms with E-state index in [1.54, 1.807) is 36.4 Å². The maximum Gasteiger partial charge on any atom is 0.187 e. The fourth-order valence-electron chi connectivity index (χ4n) is 2.38. The summed E-state index contributed by atoms with van der Waals surface area (Å²) in [5, 5.41) is 18.1. The van der Waals surface area contributed by atoms with Gasteiger partial charge in [0.15, 0.2) is 9.84 Å². The van der Waals surface area contributed by atoms with Crippen molar-refractivity contribution in [3.8, 4) is 18.4 Å². The molecule has 2 aromatic rings. The van der Waals surface area contributed by atoms with Crippen molar-refractivity contribution < 1.29 is 13.5 Å². The molecule has 0 amide bonds. The number of terminal acetylenes is 1. The van der Waals surface area contributed by atoms with Crippen molar-refractivity contribution in [3.63, 3.8) is 0 Å². The third-order valence-electron chi connectivity index (χ3n) is 3.43. The lowest BCUT2D eigenvalue weighted by Crippen LogP contribution is -2.26. The Labute approximate surface area is 135 Å². The zero-order valence-corrected chi connectivity index (χ0v) is 13.1. The Morgan fingerprint density at radius 3 is 2.43 bits per heavy atom. The van der Waals surface area contributed by atoms with Crippen LogP contribution in [0.3, 0.4) is 0 Å². The molecule has 4 nitrogen and oxygen atoms in total. The number of aliphatic hydroxyl groups excluding tert-OH is 1. The smallest absolute Gasteiger partial charge is 0.187 e. The Balaban J connectivity index is 2.60. The van der Waals surface area contributed by atoms with Crippen LogP contribution in [0.5, 0.6) is 0 Å². The van der Waals surface area contributed by atoms with E-state index in [1.807, 2.05) is 6.07 Å². The number of sulfone groups is 1. The molecule has 0 heterocycles. The van der Waals surface area contributed by atoms with Gasteiger partial charge in [-0.1, -0.05) is 30.3 Å². The monoisotopic (exact) mass is 325 g/mol. The highest BCUT2D eigenvalue weighted by molar-refractivity contribution is 7.91. The number of benzene rings is 2. The zero-order valence-electron chi connectivity index (χ0n) is 12.3. The molecule has 116 valence electrons. The Kier molecular flexibility index (Phi) is 5.18. The van der Waals surface area contributed by atoms with Gasteiger partial charge >= 0.3 is 0 Å². The lowest BCUT2D eigenvalue weighted by atomic mass is 10.0. The third kappa shape index (κ3) is 3.60. The summed E-state index contributed by atoms with van der Waals surface area (Å²) in [6, 6.07) is 16.0. The first kappa shape index (κ1) is 16.8. The predicted octanol–water partition coefficient (Wildman–Crippen LogP) is 2.46. The molecule has 2 atom stereocenters. The van der Waals surface area contributed by atoms with Crippen LogP contribution >= 0.6 is 0 Å². The number of nitrogens with zero attached hydrogens (tertiary/aromatic N) is 1. The van der Waals surface area contributed by atoms with Gasteiger partial charge in [0.25, 0.3) is 0 Å². The van der Waals surface area contributed by atoms with E-state index >= 15 is 0 Å². The second-order valence-corrected chi connectivity index (χ2v) is 7.06. The Bertz CT molecular complexity index is 861. The van der Waals surface area contributed by atoms with E-state index in [1.165, 1.54) is 18.2 Å². The molecule has 0 aromatic heterocycles. The molecule has 2 aromatic carbocycles. The van der Waals surface area contributed by atoms with Crippen molar-refractivity contribution in [1.82, 2.24) is 0 Å². The molecule has 5 heteroatoms. The van der Waals surface area contributed by atoms with Crippen LogP contribution in [0.1, 0.15) is 22.8 Å². The van der Waals surface area contributed by atoms with Crippen LogP contribution in [0.25, 0.3) is 0 Å². The van der Waals surface area contributed by atoms with E-state index in [2.05, 4.69) is 5.92 Å². The van der Waals surface area contributed by atoms with Crippen molar-refractivity contribution in [2.75, 3.05) is 0 Å². The Morgan fingerprint density at radius 1 is 1.13 bits per heavy atom. The van der Waals surface area contributed by atoms with Gasteiger partial charge in [0.1, 0.15) is 5.25 Å². The van der Waals surface area contributed by atoms with Gasteiger partial charge in [-0.3, -0.25) is 0 Å². The average molecular weight is 325 g/mol. The van der Waals surface area contributed by atoms with Gasteiger partial charge in [0.05, 0.1) is 22.6 Å². The molecular formula is C18H15NO3S. The molecule has 0 radical (unpaired) electrons. The molecule has 0 saturated carbocycles. The van der Waals surface area contributed by atoms with E-state index < -0.39 is 21.2 Å². The van der Waals surface area contributed by atoms with Gasteiger partial charge in [-0.05, 0) is 29.8 Å². The van der Waals surface area contributed by atoms with Crippen LogP contribution in [0.15, 0.2) is 59.5 Å². The average Bonchev–Trinajstić information content (AvgIpc) is 2.56. The maximum atomic E-state index is 12.9. The van der Waals surface area contributed by atoms with Crippen LogP contribution in [-0.4, -0.2) is 19.6 Å². The second-order valence-electron chi connectivity index (χ2n) is 4.99. The topological polar surface area (TPSA) is 78.2 Å². The zero-order chi connectivity index (χ0) is 16.9. The molecule has 2 rings (SSSR count). The van der Waals surface area contributed by atoms with Crippen LogP contribution in [0.4, 0.5) is 0 Å². The number of hydrogen-bond acceptors (Lipinski definition) is 4. The molecule has 23 heavy (non-hydrogen) atoms. The second kappa shape index (κ2) is 7.11. The third-order valence-corrected chi connectivity index (χ3v) is 5.61. The summed E-state index contributed by atoms with van der Waals surface area (Å²) in [4.78, 5) is 0.100. The first-order valence-electron chi connectivity index (χ1n) is 6.91. The minimum absolute atomic E-state index is 0.100. The quantitative estimate of drug-likeness (QED) is 0.857. The molecule has 0 aliphatic rings. The van der Waals surface area contributed by atoms with Gasteiger partial charge in [-0.25, -0.2) is 8.42 Å². The van der Waals surface area contributed by atoms with Gasteiger partial charge in [-0.2, -0.15) is 5.26 Å². The summed E-state index contributed by atoms with van der Waals surface area (Å²) < 4.78 is 25.9. The van der Waals surface area contributed by atoms with Crippen molar-refractivity contribution in [3.05, 3.63) is 65.7 Å². The highest BCUT2D eigenvalue weighted by atomic mass is 32.2. The van der Waals surface area contributed by atoms with E-state index in [0.717, 1.165) is 0 Å². The fourth-order valence-corrected chi connectivity index (χ4v) is 4.22. The first-order valence-corrected chi connectivity index (χ1v) is 8.46. The lowest BCUT2D eigenvalue weighted by Gasteiger charge is -2.22. The number of aliphatic hydroxyl groups is 1. The normalized spacial score (nSPS) is 13.5.